The number of allylic oxidation sites excluding steroid dienone is 1. The van der Waals surface area contributed by atoms with Crippen LogP contribution in [0.1, 0.15) is 55.7 Å². The summed E-state index contributed by atoms with van der Waals surface area (Å²) in [5.74, 6) is 2.42. The molecule has 3 nitrogen and oxygen atoms in total. The van der Waals surface area contributed by atoms with Gasteiger partial charge in [-0.3, -0.25) is 0 Å². The van der Waals surface area contributed by atoms with Gasteiger partial charge < -0.3 is 14.2 Å². The maximum Gasteiger partial charge on any atom is 0.211 e. The maximum atomic E-state index is 6.94. The lowest BCUT2D eigenvalue weighted by Crippen LogP contribution is -2.30. The highest BCUT2D eigenvalue weighted by atomic mass is 16.7. The molecule has 55 heavy (non-hydrogen) atoms. The van der Waals surface area contributed by atoms with Gasteiger partial charge >= 0.3 is 0 Å². The Kier molecular flexibility index (Phi) is 10.6. The summed E-state index contributed by atoms with van der Waals surface area (Å²) in [6.07, 6.45) is 0.488. The molecular formula is C52H48O3. The molecule has 0 aromatic heterocycles. The van der Waals surface area contributed by atoms with Gasteiger partial charge in [-0.05, 0) is 81.1 Å². The van der Waals surface area contributed by atoms with Crippen LogP contribution in [0, 0.1) is 5.92 Å². The van der Waals surface area contributed by atoms with Crippen molar-refractivity contribution in [3.05, 3.63) is 193 Å². The number of hydrogen-bond acceptors (Lipinski definition) is 3. The quantitative estimate of drug-likeness (QED) is 0.0636. The Bertz CT molecular complexity index is 2310. The normalized spacial score (nSPS) is 13.3. The van der Waals surface area contributed by atoms with Crippen LogP contribution in [-0.4, -0.2) is 19.5 Å². The lowest BCUT2D eigenvalue weighted by Gasteiger charge is -2.27. The van der Waals surface area contributed by atoms with Crippen LogP contribution in [0.3, 0.4) is 0 Å². The van der Waals surface area contributed by atoms with Crippen LogP contribution in [0.4, 0.5) is 0 Å². The molecule has 0 heterocycles. The van der Waals surface area contributed by atoms with Gasteiger partial charge in [-0.25, -0.2) is 0 Å². The van der Waals surface area contributed by atoms with Crippen LogP contribution in [0.5, 0.6) is 11.5 Å². The van der Waals surface area contributed by atoms with Crippen LogP contribution in [-0.2, 0) is 4.74 Å². The first-order valence-corrected chi connectivity index (χ1v) is 19.5. The lowest BCUT2D eigenvalue weighted by atomic mass is 9.85. The van der Waals surface area contributed by atoms with Gasteiger partial charge in [0.2, 0.25) is 6.29 Å². The molecule has 2 atom stereocenters. The van der Waals surface area contributed by atoms with Crippen molar-refractivity contribution in [1.82, 2.24) is 0 Å². The summed E-state index contributed by atoms with van der Waals surface area (Å²) in [5, 5.41) is 2.32. The summed E-state index contributed by atoms with van der Waals surface area (Å²) < 4.78 is 20.5. The molecule has 0 fully saturated rings. The van der Waals surface area contributed by atoms with E-state index in [-0.39, 0.29) is 5.92 Å². The Morgan fingerprint density at radius 2 is 1.13 bits per heavy atom. The van der Waals surface area contributed by atoms with E-state index in [4.69, 9.17) is 14.2 Å². The second kappa shape index (κ2) is 16.2. The summed E-state index contributed by atoms with van der Waals surface area (Å²) >= 11 is 0. The van der Waals surface area contributed by atoms with Gasteiger partial charge in [-0.2, -0.15) is 0 Å². The Balaban J connectivity index is 1.09. The number of fused-ring (bicyclic) bond motifs is 4. The highest BCUT2D eigenvalue weighted by Gasteiger charge is 2.36. The molecule has 1 aliphatic rings. The molecule has 1 aliphatic carbocycles. The Morgan fingerprint density at radius 1 is 0.582 bits per heavy atom. The van der Waals surface area contributed by atoms with Gasteiger partial charge in [-0.1, -0.05) is 178 Å². The molecular weight excluding hydrogens is 673 g/mol. The zero-order valence-corrected chi connectivity index (χ0v) is 32.0. The van der Waals surface area contributed by atoms with E-state index in [9.17, 15) is 0 Å². The molecule has 274 valence electrons. The van der Waals surface area contributed by atoms with E-state index in [0.717, 1.165) is 45.6 Å². The van der Waals surface area contributed by atoms with E-state index in [2.05, 4.69) is 179 Å². The van der Waals surface area contributed by atoms with Crippen molar-refractivity contribution in [2.24, 2.45) is 5.92 Å². The number of ether oxygens (including phenoxy) is 3. The van der Waals surface area contributed by atoms with Gasteiger partial charge in [0.1, 0.15) is 18.1 Å². The summed E-state index contributed by atoms with van der Waals surface area (Å²) in [7, 11) is 0. The van der Waals surface area contributed by atoms with Gasteiger partial charge in [0.15, 0.2) is 0 Å². The molecule has 0 amide bonds. The minimum atomic E-state index is -0.595. The molecule has 0 N–H and O–H groups in total. The van der Waals surface area contributed by atoms with E-state index in [1.165, 1.54) is 38.8 Å². The Morgan fingerprint density at radius 3 is 1.73 bits per heavy atom. The van der Waals surface area contributed by atoms with Gasteiger partial charge in [0, 0.05) is 17.0 Å². The van der Waals surface area contributed by atoms with E-state index in [1.54, 1.807) is 0 Å². The van der Waals surface area contributed by atoms with Crippen molar-refractivity contribution >= 4 is 10.8 Å². The number of rotatable bonds is 14. The highest BCUT2D eigenvalue weighted by Crippen LogP contribution is 2.47. The van der Waals surface area contributed by atoms with Gasteiger partial charge in [0.25, 0.3) is 0 Å². The molecule has 2 unspecified atom stereocenters. The average Bonchev–Trinajstić information content (AvgIpc) is 3.55. The molecule has 0 saturated carbocycles. The van der Waals surface area contributed by atoms with Crippen LogP contribution >= 0.6 is 0 Å². The molecule has 7 aromatic carbocycles. The van der Waals surface area contributed by atoms with E-state index in [0.29, 0.717) is 25.0 Å². The van der Waals surface area contributed by atoms with Crippen LogP contribution in [0.15, 0.2) is 176 Å². The molecule has 7 aromatic rings. The molecule has 3 heteroatoms. The standard InChI is InChI=1S/C52H48O3/c1-35(2)32-49(36(3)4)41-27-26-40-34-42(29-28-39(40)33-41)55-52(50-47-22-13-11-20-45(47)46-21-12-14-23-48(46)50)54-31-30-53-51-43(37-16-7-5-8-17-37)24-15-25-44(51)38-18-9-6-10-19-38/h5-29,33-35,49-50,52H,3,30-32H2,1-2,4H3. The first-order chi connectivity index (χ1) is 26.9. The minimum Gasteiger partial charge on any atom is -0.490 e. The Labute approximate surface area is 325 Å². The third kappa shape index (κ3) is 7.72. The van der Waals surface area contributed by atoms with Crippen molar-refractivity contribution in [2.45, 2.75) is 45.3 Å². The minimum absolute atomic E-state index is 0.116. The zero-order valence-electron chi connectivity index (χ0n) is 32.0. The van der Waals surface area contributed by atoms with Crippen LogP contribution < -0.4 is 9.47 Å². The second-order valence-electron chi connectivity index (χ2n) is 15.1. The first kappa shape index (κ1) is 36.1. The monoisotopic (exact) mass is 720 g/mol. The molecule has 0 bridgehead atoms. The second-order valence-corrected chi connectivity index (χ2v) is 15.1. The van der Waals surface area contributed by atoms with Crippen LogP contribution in [0.25, 0.3) is 44.2 Å². The maximum absolute atomic E-state index is 6.94. The molecule has 0 aliphatic heterocycles. The summed E-state index contributed by atoms with van der Waals surface area (Å²) in [5.41, 5.74) is 11.7. The van der Waals surface area contributed by atoms with Crippen molar-refractivity contribution in [3.8, 4) is 44.9 Å². The van der Waals surface area contributed by atoms with Crippen molar-refractivity contribution < 1.29 is 14.2 Å². The largest absolute Gasteiger partial charge is 0.490 e. The van der Waals surface area contributed by atoms with Crippen molar-refractivity contribution in [2.75, 3.05) is 13.2 Å². The number of hydrogen-bond donors (Lipinski definition) is 0. The van der Waals surface area contributed by atoms with Crippen LogP contribution in [0.2, 0.25) is 0 Å². The molecule has 0 saturated heterocycles. The number of para-hydroxylation sites is 1. The smallest absolute Gasteiger partial charge is 0.211 e. The third-order valence-electron chi connectivity index (χ3n) is 10.7. The zero-order chi connectivity index (χ0) is 37.7. The average molecular weight is 721 g/mol. The van der Waals surface area contributed by atoms with E-state index in [1.807, 2.05) is 12.1 Å². The first-order valence-electron chi connectivity index (χ1n) is 19.5. The fourth-order valence-corrected chi connectivity index (χ4v) is 8.14. The van der Waals surface area contributed by atoms with E-state index >= 15 is 0 Å². The van der Waals surface area contributed by atoms with Gasteiger partial charge in [-0.15, -0.1) is 0 Å². The molecule has 0 spiro atoms. The molecule has 0 radical (unpaired) electrons. The van der Waals surface area contributed by atoms with Crippen molar-refractivity contribution in [3.63, 3.8) is 0 Å². The third-order valence-corrected chi connectivity index (χ3v) is 10.7. The van der Waals surface area contributed by atoms with Crippen molar-refractivity contribution in [1.29, 1.82) is 0 Å². The summed E-state index contributed by atoms with van der Waals surface area (Å²) in [6.45, 7) is 11.7. The predicted octanol–water partition coefficient (Wildman–Crippen LogP) is 13.5. The number of benzene rings is 7. The van der Waals surface area contributed by atoms with E-state index < -0.39 is 6.29 Å². The lowest BCUT2D eigenvalue weighted by molar-refractivity contribution is -0.0948. The fourth-order valence-electron chi connectivity index (χ4n) is 8.14. The Hall–Kier alpha value is -5.90. The highest BCUT2D eigenvalue weighted by molar-refractivity contribution is 5.85. The topological polar surface area (TPSA) is 27.7 Å². The summed E-state index contributed by atoms with van der Waals surface area (Å²) in [4.78, 5) is 0. The summed E-state index contributed by atoms with van der Waals surface area (Å²) in [6, 6.07) is 57.6. The predicted molar refractivity (Wildman–Crippen MR) is 228 cm³/mol. The SMILES string of the molecule is C=C(C)C(CC(C)C)c1ccc2cc(OC(OCCOc3c(-c4ccccc4)cccc3-c3ccccc3)C3c4ccccc4-c4ccccc43)ccc2c1. The fraction of sp³-hybridized carbons (Fsp3) is 0.192. The van der Waals surface area contributed by atoms with Gasteiger partial charge in [0.05, 0.1) is 12.5 Å². The molecule has 8 rings (SSSR count).